The third kappa shape index (κ3) is 3.41. The fraction of sp³-hybridized carbons (Fsp3) is 0.0769. The molecular weight excluding hydrogens is 406 g/mol. The first kappa shape index (κ1) is 19.6. The van der Waals surface area contributed by atoms with Gasteiger partial charge in [0.15, 0.2) is 5.76 Å². The van der Waals surface area contributed by atoms with Gasteiger partial charge in [-0.2, -0.15) is 0 Å². The molecule has 0 radical (unpaired) electrons. The molecule has 6 heteroatoms. The summed E-state index contributed by atoms with van der Waals surface area (Å²) in [7, 11) is 3.49. The normalized spacial score (nSPS) is 13.8. The molecular formula is C26H19NO5. The van der Waals surface area contributed by atoms with E-state index < -0.39 is 5.97 Å². The van der Waals surface area contributed by atoms with Gasteiger partial charge in [-0.15, -0.1) is 0 Å². The number of ether oxygens (including phenoxy) is 3. The number of benzene rings is 3. The van der Waals surface area contributed by atoms with E-state index in [1.165, 1.54) is 7.11 Å². The second-order valence-electron chi connectivity index (χ2n) is 7.43. The van der Waals surface area contributed by atoms with Crippen molar-refractivity contribution in [3.05, 3.63) is 95.4 Å². The Labute approximate surface area is 184 Å². The van der Waals surface area contributed by atoms with Crippen LogP contribution in [0, 0.1) is 0 Å². The molecule has 158 valence electrons. The van der Waals surface area contributed by atoms with Crippen molar-refractivity contribution >= 4 is 28.7 Å². The van der Waals surface area contributed by atoms with Crippen molar-refractivity contribution in [2.24, 2.45) is 7.05 Å². The quantitative estimate of drug-likeness (QED) is 0.261. The summed E-state index contributed by atoms with van der Waals surface area (Å²) in [6.45, 7) is 0. The third-order valence-electron chi connectivity index (χ3n) is 5.37. The van der Waals surface area contributed by atoms with Crippen LogP contribution < -0.4 is 14.2 Å². The van der Waals surface area contributed by atoms with E-state index in [4.69, 9.17) is 14.2 Å². The van der Waals surface area contributed by atoms with Crippen LogP contribution in [0.1, 0.15) is 26.3 Å². The van der Waals surface area contributed by atoms with E-state index in [-0.39, 0.29) is 17.3 Å². The summed E-state index contributed by atoms with van der Waals surface area (Å²) in [6.07, 6.45) is 3.70. The lowest BCUT2D eigenvalue weighted by Crippen LogP contribution is -2.08. The van der Waals surface area contributed by atoms with E-state index in [1.54, 1.807) is 48.5 Å². The summed E-state index contributed by atoms with van der Waals surface area (Å²) in [5, 5.41) is 1.03. The first-order chi connectivity index (χ1) is 15.5. The van der Waals surface area contributed by atoms with Crippen LogP contribution in [-0.4, -0.2) is 23.4 Å². The second kappa shape index (κ2) is 7.74. The Bertz CT molecular complexity index is 1410. The average molecular weight is 425 g/mol. The number of carbonyl (C=O) groups excluding carboxylic acids is 2. The number of aromatic nitrogens is 1. The van der Waals surface area contributed by atoms with E-state index in [2.05, 4.69) is 0 Å². The summed E-state index contributed by atoms with van der Waals surface area (Å²) < 4.78 is 18.5. The van der Waals surface area contributed by atoms with Gasteiger partial charge < -0.3 is 18.8 Å². The highest BCUT2D eigenvalue weighted by Gasteiger charge is 2.28. The molecule has 2 heterocycles. The number of carbonyl (C=O) groups is 2. The van der Waals surface area contributed by atoms with Crippen molar-refractivity contribution in [2.45, 2.75) is 0 Å². The number of fused-ring (bicyclic) bond motifs is 2. The molecule has 3 aromatic carbocycles. The standard InChI is InChI=1S/C26H19NO5/c1-27-15-17(20-8-3-4-9-22(20)27)13-24-25(28)21-11-10-19(14-23(21)32-24)31-26(29)16-6-5-7-18(12-16)30-2/h3-15H,1-2H3. The van der Waals surface area contributed by atoms with Crippen LogP contribution in [0.15, 0.2) is 78.7 Å². The van der Waals surface area contributed by atoms with Gasteiger partial charge in [-0.3, -0.25) is 4.79 Å². The average Bonchev–Trinajstić information content (AvgIpc) is 3.30. The van der Waals surface area contributed by atoms with E-state index in [9.17, 15) is 9.59 Å². The molecule has 0 saturated carbocycles. The smallest absolute Gasteiger partial charge is 0.343 e. The van der Waals surface area contributed by atoms with E-state index in [0.29, 0.717) is 22.6 Å². The lowest BCUT2D eigenvalue weighted by Gasteiger charge is -2.07. The maximum atomic E-state index is 12.8. The Balaban J connectivity index is 1.40. The Morgan fingerprint density at radius 2 is 1.84 bits per heavy atom. The molecule has 0 amide bonds. The van der Waals surface area contributed by atoms with Crippen LogP contribution >= 0.6 is 0 Å². The summed E-state index contributed by atoms with van der Waals surface area (Å²) >= 11 is 0. The van der Waals surface area contributed by atoms with Crippen LogP contribution in [0.2, 0.25) is 0 Å². The lowest BCUT2D eigenvalue weighted by molar-refractivity contribution is 0.0734. The molecule has 0 unspecified atom stereocenters. The van der Waals surface area contributed by atoms with Gasteiger partial charge in [0.25, 0.3) is 0 Å². The van der Waals surface area contributed by atoms with E-state index in [0.717, 1.165) is 16.5 Å². The van der Waals surface area contributed by atoms with E-state index >= 15 is 0 Å². The minimum absolute atomic E-state index is 0.210. The van der Waals surface area contributed by atoms with Crippen molar-refractivity contribution in [3.8, 4) is 17.2 Å². The predicted octanol–water partition coefficient (Wildman–Crippen LogP) is 5.02. The molecule has 0 bridgehead atoms. The van der Waals surface area contributed by atoms with Crippen LogP contribution in [0.25, 0.3) is 17.0 Å². The summed E-state index contributed by atoms with van der Waals surface area (Å²) in [5.41, 5.74) is 2.74. The van der Waals surface area contributed by atoms with Crippen molar-refractivity contribution < 1.29 is 23.8 Å². The largest absolute Gasteiger partial charge is 0.497 e. The van der Waals surface area contributed by atoms with Gasteiger partial charge in [0.2, 0.25) is 5.78 Å². The molecule has 6 nitrogen and oxygen atoms in total. The maximum absolute atomic E-state index is 12.8. The van der Waals surface area contributed by atoms with Crippen molar-refractivity contribution in [1.82, 2.24) is 4.57 Å². The minimum Gasteiger partial charge on any atom is -0.497 e. The van der Waals surface area contributed by atoms with Crippen LogP contribution in [0.5, 0.6) is 17.2 Å². The number of esters is 1. The van der Waals surface area contributed by atoms with Gasteiger partial charge in [0.1, 0.15) is 17.2 Å². The Morgan fingerprint density at radius 1 is 1.00 bits per heavy atom. The molecule has 0 saturated heterocycles. The number of allylic oxidation sites excluding steroid dienone is 1. The number of Topliss-reactive ketones (excluding diaryl/α,β-unsaturated/α-hetero) is 1. The monoisotopic (exact) mass is 425 g/mol. The molecule has 0 atom stereocenters. The molecule has 0 N–H and O–H groups in total. The van der Waals surface area contributed by atoms with Crippen LogP contribution in [-0.2, 0) is 7.05 Å². The second-order valence-corrected chi connectivity index (χ2v) is 7.43. The molecule has 1 aliphatic heterocycles. The number of ketones is 1. The number of hydrogen-bond acceptors (Lipinski definition) is 5. The Kier molecular flexibility index (Phi) is 4.75. The molecule has 5 rings (SSSR count). The van der Waals surface area contributed by atoms with Crippen LogP contribution in [0.4, 0.5) is 0 Å². The number of rotatable bonds is 4. The molecule has 1 aromatic heterocycles. The van der Waals surface area contributed by atoms with Crippen molar-refractivity contribution in [1.29, 1.82) is 0 Å². The van der Waals surface area contributed by atoms with Gasteiger partial charge >= 0.3 is 5.97 Å². The van der Waals surface area contributed by atoms with Crippen LogP contribution in [0.3, 0.4) is 0 Å². The predicted molar refractivity (Wildman–Crippen MR) is 120 cm³/mol. The fourth-order valence-electron chi connectivity index (χ4n) is 3.78. The van der Waals surface area contributed by atoms with Gasteiger partial charge in [-0.25, -0.2) is 4.79 Å². The summed E-state index contributed by atoms with van der Waals surface area (Å²) in [4.78, 5) is 25.3. The highest BCUT2D eigenvalue weighted by molar-refractivity contribution is 6.15. The topological polar surface area (TPSA) is 66.8 Å². The molecule has 4 aromatic rings. The Hall–Kier alpha value is -4.32. The number of hydrogen-bond donors (Lipinski definition) is 0. The summed E-state index contributed by atoms with van der Waals surface area (Å²) in [5.74, 6) is 0.699. The highest BCUT2D eigenvalue weighted by atomic mass is 16.5. The van der Waals surface area contributed by atoms with Gasteiger partial charge in [-0.1, -0.05) is 24.3 Å². The maximum Gasteiger partial charge on any atom is 0.343 e. The van der Waals surface area contributed by atoms with Crippen molar-refractivity contribution in [3.63, 3.8) is 0 Å². The summed E-state index contributed by atoms with van der Waals surface area (Å²) in [6, 6.07) is 19.4. The van der Waals surface area contributed by atoms with Gasteiger partial charge in [-0.05, 0) is 42.5 Å². The van der Waals surface area contributed by atoms with E-state index in [1.807, 2.05) is 42.1 Å². The Morgan fingerprint density at radius 3 is 2.69 bits per heavy atom. The molecule has 0 fully saturated rings. The zero-order valence-corrected chi connectivity index (χ0v) is 17.5. The van der Waals surface area contributed by atoms with Crippen molar-refractivity contribution in [2.75, 3.05) is 7.11 Å². The minimum atomic E-state index is -0.528. The number of aryl methyl sites for hydroxylation is 1. The SMILES string of the molecule is COc1cccc(C(=O)Oc2ccc3c(c2)OC(=Cc2cn(C)c4ccccc24)C3=O)c1. The first-order valence-electron chi connectivity index (χ1n) is 10.0. The van der Waals surface area contributed by atoms with Gasteiger partial charge in [0.05, 0.1) is 18.2 Å². The third-order valence-corrected chi connectivity index (χ3v) is 5.37. The molecule has 1 aliphatic rings. The molecule has 32 heavy (non-hydrogen) atoms. The number of methoxy groups -OCH3 is 1. The molecule has 0 spiro atoms. The fourth-order valence-corrected chi connectivity index (χ4v) is 3.78. The zero-order valence-electron chi connectivity index (χ0n) is 17.5. The lowest BCUT2D eigenvalue weighted by atomic mass is 10.1. The number of nitrogens with zero attached hydrogens (tertiary/aromatic N) is 1. The first-order valence-corrected chi connectivity index (χ1v) is 10.0. The molecule has 0 aliphatic carbocycles. The highest BCUT2D eigenvalue weighted by Crippen LogP contribution is 2.36. The number of para-hydroxylation sites is 1. The zero-order chi connectivity index (χ0) is 22.2. The van der Waals surface area contributed by atoms with Gasteiger partial charge in [0, 0.05) is 35.8 Å².